The Morgan fingerprint density at radius 2 is 2.20 bits per heavy atom. The molecule has 1 aliphatic carbocycles. The van der Waals surface area contributed by atoms with Crippen molar-refractivity contribution in [3.8, 4) is 0 Å². The molecule has 0 bridgehead atoms. The normalized spacial score (nSPS) is 32.7. The first-order valence-corrected chi connectivity index (χ1v) is 5.33. The van der Waals surface area contributed by atoms with Gasteiger partial charge in [-0.25, -0.2) is 4.79 Å². The number of allylic oxidation sites excluding steroid dienone is 1. The van der Waals surface area contributed by atoms with Gasteiger partial charge in [0.25, 0.3) is 0 Å². The lowest BCUT2D eigenvalue weighted by molar-refractivity contribution is 0.00588. The van der Waals surface area contributed by atoms with Crippen molar-refractivity contribution in [2.24, 2.45) is 11.3 Å². The van der Waals surface area contributed by atoms with Crippen LogP contribution < -0.4 is 0 Å². The second kappa shape index (κ2) is 3.52. The number of likely N-dealkylation sites (tertiary alicyclic amines) is 1. The van der Waals surface area contributed by atoms with E-state index in [1.165, 1.54) is 4.90 Å². The minimum absolute atomic E-state index is 0.0610. The second-order valence-electron chi connectivity index (χ2n) is 4.90. The molecule has 2 unspecified atom stereocenters. The number of hydrogen-bond acceptors (Lipinski definition) is 2. The molecule has 1 heterocycles. The predicted molar refractivity (Wildman–Crippen MR) is 55.6 cm³/mol. The number of aliphatic hydroxyl groups excluding tert-OH is 1. The van der Waals surface area contributed by atoms with E-state index in [9.17, 15) is 9.90 Å². The highest BCUT2D eigenvalue weighted by atomic mass is 16.4. The van der Waals surface area contributed by atoms with E-state index in [0.717, 1.165) is 19.3 Å². The van der Waals surface area contributed by atoms with Crippen LogP contribution in [0.4, 0.5) is 4.79 Å². The smallest absolute Gasteiger partial charge is 0.407 e. The summed E-state index contributed by atoms with van der Waals surface area (Å²) in [6.45, 7) is 4.86. The van der Waals surface area contributed by atoms with Gasteiger partial charge >= 0.3 is 6.09 Å². The quantitative estimate of drug-likeness (QED) is 0.677. The molecule has 1 aliphatic heterocycles. The Bertz CT molecular complexity index is 284. The van der Waals surface area contributed by atoms with E-state index in [1.54, 1.807) is 0 Å². The molecule has 15 heavy (non-hydrogen) atoms. The molecular formula is C11H17NO3. The van der Waals surface area contributed by atoms with E-state index in [-0.39, 0.29) is 17.4 Å². The third kappa shape index (κ3) is 1.74. The van der Waals surface area contributed by atoms with Crippen LogP contribution in [0.1, 0.15) is 19.3 Å². The van der Waals surface area contributed by atoms with Crippen molar-refractivity contribution in [2.45, 2.75) is 25.4 Å². The van der Waals surface area contributed by atoms with Crippen molar-refractivity contribution in [3.05, 3.63) is 12.7 Å². The minimum atomic E-state index is -0.845. The van der Waals surface area contributed by atoms with Crippen LogP contribution in [0.15, 0.2) is 12.7 Å². The number of nitrogens with zero attached hydrogens (tertiary/aromatic N) is 1. The molecule has 0 aromatic carbocycles. The summed E-state index contributed by atoms with van der Waals surface area (Å²) in [7, 11) is 0. The first kappa shape index (κ1) is 10.5. The average Bonchev–Trinajstić information content (AvgIpc) is 2.42. The highest BCUT2D eigenvalue weighted by Crippen LogP contribution is 2.49. The Morgan fingerprint density at radius 1 is 1.53 bits per heavy atom. The third-order valence-electron chi connectivity index (χ3n) is 3.67. The zero-order valence-corrected chi connectivity index (χ0v) is 8.72. The summed E-state index contributed by atoms with van der Waals surface area (Å²) < 4.78 is 0. The zero-order valence-electron chi connectivity index (χ0n) is 8.72. The molecule has 0 aromatic rings. The van der Waals surface area contributed by atoms with Crippen molar-refractivity contribution >= 4 is 6.09 Å². The van der Waals surface area contributed by atoms with Crippen LogP contribution in [-0.2, 0) is 0 Å². The summed E-state index contributed by atoms with van der Waals surface area (Å²) in [6.07, 6.45) is 3.22. The zero-order chi connectivity index (χ0) is 11.1. The number of carboxylic acid groups (broad SMARTS) is 1. The summed E-state index contributed by atoms with van der Waals surface area (Å²) in [5.41, 5.74) is 0.0610. The van der Waals surface area contributed by atoms with E-state index >= 15 is 0 Å². The van der Waals surface area contributed by atoms with Crippen molar-refractivity contribution < 1.29 is 15.0 Å². The van der Waals surface area contributed by atoms with Crippen LogP contribution in [0.25, 0.3) is 0 Å². The molecule has 2 aliphatic rings. The van der Waals surface area contributed by atoms with Crippen molar-refractivity contribution in [3.63, 3.8) is 0 Å². The number of hydrogen-bond donors (Lipinski definition) is 2. The maximum absolute atomic E-state index is 10.7. The molecule has 1 spiro atoms. The van der Waals surface area contributed by atoms with Gasteiger partial charge in [0.2, 0.25) is 0 Å². The number of carbonyl (C=O) groups is 1. The molecule has 2 N–H and O–H groups in total. The van der Waals surface area contributed by atoms with E-state index in [1.807, 2.05) is 6.08 Å². The Morgan fingerprint density at radius 3 is 2.73 bits per heavy atom. The molecule has 4 nitrogen and oxygen atoms in total. The van der Waals surface area contributed by atoms with Gasteiger partial charge < -0.3 is 15.1 Å². The fourth-order valence-electron chi connectivity index (χ4n) is 3.00. The monoisotopic (exact) mass is 211 g/mol. The van der Waals surface area contributed by atoms with E-state index in [2.05, 4.69) is 6.58 Å². The van der Waals surface area contributed by atoms with Crippen LogP contribution in [0, 0.1) is 11.3 Å². The van der Waals surface area contributed by atoms with Crippen molar-refractivity contribution in [2.75, 3.05) is 13.1 Å². The first-order chi connectivity index (χ1) is 7.06. The highest BCUT2D eigenvalue weighted by molar-refractivity contribution is 5.66. The molecule has 1 saturated heterocycles. The molecule has 0 aromatic heterocycles. The predicted octanol–water partition coefficient (Wildman–Crippen LogP) is 1.31. The summed E-state index contributed by atoms with van der Waals surface area (Å²) >= 11 is 0. The molecule has 1 amide bonds. The Balaban J connectivity index is 1.93. The Kier molecular flexibility index (Phi) is 2.46. The lowest BCUT2D eigenvalue weighted by Gasteiger charge is -2.46. The van der Waals surface area contributed by atoms with Crippen LogP contribution in [-0.4, -0.2) is 40.4 Å². The third-order valence-corrected chi connectivity index (χ3v) is 3.67. The molecule has 2 atom stereocenters. The van der Waals surface area contributed by atoms with Gasteiger partial charge in [-0.1, -0.05) is 6.08 Å². The SMILES string of the molecule is C=CCC1CC2(CC1O)CN(C(=O)O)C2. The minimum Gasteiger partial charge on any atom is -0.465 e. The van der Waals surface area contributed by atoms with Crippen LogP contribution in [0.5, 0.6) is 0 Å². The van der Waals surface area contributed by atoms with Gasteiger partial charge in [-0.05, 0) is 25.2 Å². The van der Waals surface area contributed by atoms with Gasteiger partial charge in [-0.2, -0.15) is 0 Å². The first-order valence-electron chi connectivity index (χ1n) is 5.33. The number of aliphatic hydroxyl groups is 1. The average molecular weight is 211 g/mol. The van der Waals surface area contributed by atoms with Gasteiger partial charge in [0.15, 0.2) is 0 Å². The molecular weight excluding hydrogens is 194 g/mol. The highest BCUT2D eigenvalue weighted by Gasteiger charge is 2.52. The molecule has 2 fully saturated rings. The molecule has 84 valence electrons. The van der Waals surface area contributed by atoms with Crippen molar-refractivity contribution in [1.29, 1.82) is 0 Å². The van der Waals surface area contributed by atoms with E-state index < -0.39 is 6.09 Å². The molecule has 1 saturated carbocycles. The summed E-state index contributed by atoms with van der Waals surface area (Å²) in [6, 6.07) is 0. The van der Waals surface area contributed by atoms with E-state index in [4.69, 9.17) is 5.11 Å². The van der Waals surface area contributed by atoms with Gasteiger partial charge in [0, 0.05) is 18.5 Å². The van der Waals surface area contributed by atoms with Crippen LogP contribution in [0.3, 0.4) is 0 Å². The van der Waals surface area contributed by atoms with E-state index in [0.29, 0.717) is 13.1 Å². The van der Waals surface area contributed by atoms with Gasteiger partial charge in [0.1, 0.15) is 0 Å². The largest absolute Gasteiger partial charge is 0.465 e. The van der Waals surface area contributed by atoms with Crippen molar-refractivity contribution in [1.82, 2.24) is 4.90 Å². The molecule has 0 radical (unpaired) electrons. The number of rotatable bonds is 2. The lowest BCUT2D eigenvalue weighted by Crippen LogP contribution is -2.57. The standard InChI is InChI=1S/C11H17NO3/c1-2-3-8-4-11(5-9(8)13)6-12(7-11)10(14)15/h2,8-9,13H,1,3-7H2,(H,14,15). The summed E-state index contributed by atoms with van der Waals surface area (Å²) in [5.74, 6) is 0.276. The van der Waals surface area contributed by atoms with Crippen LogP contribution in [0.2, 0.25) is 0 Å². The van der Waals surface area contributed by atoms with Gasteiger partial charge in [-0.3, -0.25) is 0 Å². The maximum Gasteiger partial charge on any atom is 0.407 e. The topological polar surface area (TPSA) is 60.8 Å². The summed E-state index contributed by atoms with van der Waals surface area (Å²) in [5, 5.41) is 18.6. The fourth-order valence-corrected chi connectivity index (χ4v) is 3.00. The van der Waals surface area contributed by atoms with Gasteiger partial charge in [0.05, 0.1) is 6.10 Å². The molecule has 4 heteroatoms. The maximum atomic E-state index is 10.7. The number of amides is 1. The summed E-state index contributed by atoms with van der Waals surface area (Å²) in [4.78, 5) is 12.1. The molecule has 2 rings (SSSR count). The Hall–Kier alpha value is -1.03. The fraction of sp³-hybridized carbons (Fsp3) is 0.727. The van der Waals surface area contributed by atoms with Gasteiger partial charge in [-0.15, -0.1) is 6.58 Å². The second-order valence-corrected chi connectivity index (χ2v) is 4.90. The van der Waals surface area contributed by atoms with Crippen LogP contribution >= 0.6 is 0 Å². The Labute approximate surface area is 89.2 Å². The lowest BCUT2D eigenvalue weighted by atomic mass is 9.77.